The standard InChI is InChI=1S/C17H20N4O3/c1-24-17(23)12-5-19-21(7-12)6-11-2-3-16(18-4-11)20-8-13-14(9-20)15(13)10-22/h2-5,7,13-15,22H,6,8-10H2,1H3/t13-,14+,15?. The zero-order chi connectivity index (χ0) is 16.7. The van der Waals surface area contributed by atoms with E-state index < -0.39 is 0 Å². The number of carbonyl (C=O) groups is 1. The van der Waals surface area contributed by atoms with Gasteiger partial charge in [0.15, 0.2) is 0 Å². The molecule has 2 aromatic rings. The fourth-order valence-corrected chi connectivity index (χ4v) is 3.66. The number of piperidine rings is 1. The fourth-order valence-electron chi connectivity index (χ4n) is 3.66. The van der Waals surface area contributed by atoms with Crippen molar-refractivity contribution in [2.24, 2.45) is 17.8 Å². The van der Waals surface area contributed by atoms with Crippen molar-refractivity contribution in [3.05, 3.63) is 41.9 Å². The Labute approximate surface area is 139 Å². The van der Waals surface area contributed by atoms with Crippen LogP contribution in [0.1, 0.15) is 15.9 Å². The second-order valence-corrected chi connectivity index (χ2v) is 6.52. The van der Waals surface area contributed by atoms with Crippen LogP contribution in [0, 0.1) is 17.8 Å². The maximum absolute atomic E-state index is 11.4. The molecule has 7 nitrogen and oxygen atoms in total. The summed E-state index contributed by atoms with van der Waals surface area (Å²) in [5.74, 6) is 2.38. The van der Waals surface area contributed by atoms with Crippen LogP contribution in [0.4, 0.5) is 5.82 Å². The molecule has 2 fully saturated rings. The molecule has 1 unspecified atom stereocenters. The molecule has 0 bridgehead atoms. The van der Waals surface area contributed by atoms with Gasteiger partial charge in [-0.15, -0.1) is 0 Å². The summed E-state index contributed by atoms with van der Waals surface area (Å²) in [6.07, 6.45) is 5.02. The van der Waals surface area contributed by atoms with E-state index in [4.69, 9.17) is 0 Å². The van der Waals surface area contributed by atoms with E-state index in [1.807, 2.05) is 18.3 Å². The smallest absolute Gasteiger partial charge is 0.341 e. The van der Waals surface area contributed by atoms with Gasteiger partial charge in [0.1, 0.15) is 5.82 Å². The first-order valence-electron chi connectivity index (χ1n) is 8.11. The molecule has 2 aliphatic rings. The second kappa shape index (κ2) is 5.90. The monoisotopic (exact) mass is 328 g/mol. The first kappa shape index (κ1) is 15.1. The van der Waals surface area contributed by atoms with Crippen molar-refractivity contribution < 1.29 is 14.6 Å². The van der Waals surface area contributed by atoms with E-state index in [-0.39, 0.29) is 5.97 Å². The van der Waals surface area contributed by atoms with Crippen LogP contribution in [0.15, 0.2) is 30.7 Å². The molecule has 2 aromatic heterocycles. The summed E-state index contributed by atoms with van der Waals surface area (Å²) in [6.45, 7) is 2.85. The van der Waals surface area contributed by atoms with Gasteiger partial charge in [-0.3, -0.25) is 4.68 Å². The number of fused-ring (bicyclic) bond motifs is 1. The zero-order valence-electron chi connectivity index (χ0n) is 13.5. The van der Waals surface area contributed by atoms with Gasteiger partial charge in [-0.2, -0.15) is 5.10 Å². The lowest BCUT2D eigenvalue weighted by atomic mass is 10.2. The Hall–Kier alpha value is -2.41. The minimum absolute atomic E-state index is 0.312. The highest BCUT2D eigenvalue weighted by Crippen LogP contribution is 2.51. The van der Waals surface area contributed by atoms with Gasteiger partial charge in [0.25, 0.3) is 0 Å². The zero-order valence-corrected chi connectivity index (χ0v) is 13.5. The molecule has 4 rings (SSSR count). The number of anilines is 1. The van der Waals surface area contributed by atoms with Gasteiger partial charge in [-0.05, 0) is 29.4 Å². The molecule has 0 spiro atoms. The number of aliphatic hydroxyl groups is 1. The number of ether oxygens (including phenoxy) is 1. The molecular weight excluding hydrogens is 308 g/mol. The number of pyridine rings is 1. The summed E-state index contributed by atoms with van der Waals surface area (Å²) in [5, 5.41) is 13.4. The minimum Gasteiger partial charge on any atom is -0.465 e. The number of nitrogens with zero attached hydrogens (tertiary/aromatic N) is 4. The number of esters is 1. The van der Waals surface area contributed by atoms with Crippen LogP contribution in [0.25, 0.3) is 0 Å². The lowest BCUT2D eigenvalue weighted by Gasteiger charge is -2.20. The topological polar surface area (TPSA) is 80.5 Å². The van der Waals surface area contributed by atoms with Crippen LogP contribution < -0.4 is 4.90 Å². The van der Waals surface area contributed by atoms with E-state index in [9.17, 15) is 9.90 Å². The Morgan fingerprint density at radius 1 is 1.33 bits per heavy atom. The maximum atomic E-state index is 11.4. The van der Waals surface area contributed by atoms with Crippen molar-refractivity contribution in [3.8, 4) is 0 Å². The van der Waals surface area contributed by atoms with Crippen LogP contribution in [0.5, 0.6) is 0 Å². The van der Waals surface area contributed by atoms with Crippen molar-refractivity contribution >= 4 is 11.8 Å². The van der Waals surface area contributed by atoms with Crippen LogP contribution in [0.2, 0.25) is 0 Å². The van der Waals surface area contributed by atoms with Gasteiger partial charge in [0.05, 0.1) is 25.4 Å². The molecule has 1 N–H and O–H groups in total. The van der Waals surface area contributed by atoms with Crippen molar-refractivity contribution in [1.82, 2.24) is 14.8 Å². The molecule has 1 aliphatic heterocycles. The average Bonchev–Trinajstić information content (AvgIpc) is 2.97. The molecule has 0 amide bonds. The third-order valence-corrected chi connectivity index (χ3v) is 5.11. The van der Waals surface area contributed by atoms with Crippen molar-refractivity contribution in [2.45, 2.75) is 6.54 Å². The Bertz CT molecular complexity index is 731. The van der Waals surface area contributed by atoms with E-state index >= 15 is 0 Å². The van der Waals surface area contributed by atoms with Crippen LogP contribution in [0.3, 0.4) is 0 Å². The summed E-state index contributed by atoms with van der Waals surface area (Å²) < 4.78 is 6.37. The summed E-state index contributed by atoms with van der Waals surface area (Å²) in [5.41, 5.74) is 1.47. The minimum atomic E-state index is -0.386. The van der Waals surface area contributed by atoms with Crippen molar-refractivity contribution in [3.63, 3.8) is 0 Å². The maximum Gasteiger partial charge on any atom is 0.341 e. The summed E-state index contributed by atoms with van der Waals surface area (Å²) >= 11 is 0. The lowest BCUT2D eigenvalue weighted by molar-refractivity contribution is 0.0600. The number of carbonyl (C=O) groups excluding carboxylic acids is 1. The third-order valence-electron chi connectivity index (χ3n) is 5.11. The fraction of sp³-hybridized carbons (Fsp3) is 0.471. The molecule has 0 aromatic carbocycles. The van der Waals surface area contributed by atoms with Gasteiger partial charge < -0.3 is 14.7 Å². The number of aromatic nitrogens is 3. The normalized spacial score (nSPS) is 24.8. The second-order valence-electron chi connectivity index (χ2n) is 6.52. The first-order chi connectivity index (χ1) is 11.7. The Kier molecular flexibility index (Phi) is 3.72. The van der Waals surface area contributed by atoms with E-state index in [0.717, 1.165) is 24.5 Å². The molecule has 1 aliphatic carbocycles. The van der Waals surface area contributed by atoms with E-state index in [0.29, 0.717) is 36.5 Å². The number of rotatable bonds is 5. The van der Waals surface area contributed by atoms with Gasteiger partial charge in [-0.1, -0.05) is 6.07 Å². The van der Waals surface area contributed by atoms with Gasteiger partial charge in [0, 0.05) is 32.1 Å². The van der Waals surface area contributed by atoms with Crippen molar-refractivity contribution in [1.29, 1.82) is 0 Å². The molecule has 126 valence electrons. The number of hydrogen-bond acceptors (Lipinski definition) is 6. The number of methoxy groups -OCH3 is 1. The number of aliphatic hydroxyl groups excluding tert-OH is 1. The van der Waals surface area contributed by atoms with Crippen LogP contribution >= 0.6 is 0 Å². The SMILES string of the molecule is COC(=O)c1cnn(Cc2ccc(N3C[C@@H]4C(CO)[C@@H]4C3)nc2)c1. The van der Waals surface area contributed by atoms with E-state index in [1.165, 1.54) is 13.3 Å². The van der Waals surface area contributed by atoms with Crippen LogP contribution in [-0.2, 0) is 11.3 Å². The molecule has 1 saturated carbocycles. The highest BCUT2D eigenvalue weighted by molar-refractivity contribution is 5.88. The molecule has 24 heavy (non-hydrogen) atoms. The summed E-state index contributed by atoms with van der Waals surface area (Å²) in [7, 11) is 1.35. The molecule has 1 saturated heterocycles. The lowest BCUT2D eigenvalue weighted by Crippen LogP contribution is -2.25. The van der Waals surface area contributed by atoms with Gasteiger partial charge in [-0.25, -0.2) is 9.78 Å². The summed E-state index contributed by atoms with van der Waals surface area (Å²) in [6, 6.07) is 4.06. The predicted molar refractivity (Wildman–Crippen MR) is 86.7 cm³/mol. The molecule has 0 radical (unpaired) electrons. The third kappa shape index (κ3) is 2.65. The Morgan fingerprint density at radius 3 is 2.75 bits per heavy atom. The van der Waals surface area contributed by atoms with E-state index in [1.54, 1.807) is 10.9 Å². The Morgan fingerprint density at radius 2 is 2.12 bits per heavy atom. The van der Waals surface area contributed by atoms with Gasteiger partial charge in [0.2, 0.25) is 0 Å². The molecule has 3 atom stereocenters. The highest BCUT2D eigenvalue weighted by atomic mass is 16.5. The number of hydrogen-bond donors (Lipinski definition) is 1. The molecular formula is C17H20N4O3. The van der Waals surface area contributed by atoms with Crippen molar-refractivity contribution in [2.75, 3.05) is 31.7 Å². The average molecular weight is 328 g/mol. The molecule has 3 heterocycles. The highest BCUT2D eigenvalue weighted by Gasteiger charge is 2.55. The predicted octanol–water partition coefficient (Wildman–Crippen LogP) is 0.787. The Balaban J connectivity index is 1.38. The molecule has 7 heteroatoms. The van der Waals surface area contributed by atoms with E-state index in [2.05, 4.69) is 19.7 Å². The first-order valence-corrected chi connectivity index (χ1v) is 8.11. The van der Waals surface area contributed by atoms with Crippen LogP contribution in [-0.4, -0.2) is 52.6 Å². The quantitative estimate of drug-likeness (QED) is 0.817. The van der Waals surface area contributed by atoms with Gasteiger partial charge >= 0.3 is 5.97 Å². The summed E-state index contributed by atoms with van der Waals surface area (Å²) in [4.78, 5) is 18.3. The largest absolute Gasteiger partial charge is 0.465 e.